The van der Waals surface area contributed by atoms with E-state index in [4.69, 9.17) is 0 Å². The smallest absolute Gasteiger partial charge is 0.345 e. The second-order valence-electron chi connectivity index (χ2n) is 2.60. The highest BCUT2D eigenvalue weighted by atomic mass is 32.1. The van der Waals surface area contributed by atoms with E-state index in [0.29, 0.717) is 6.54 Å². The summed E-state index contributed by atoms with van der Waals surface area (Å²) in [6, 6.07) is 3.75. The molecule has 15 heavy (non-hydrogen) atoms. The first kappa shape index (κ1) is 12.1. The van der Waals surface area contributed by atoms with Gasteiger partial charge in [-0.1, -0.05) is 6.07 Å². The Balaban J connectivity index is 2.09. The van der Waals surface area contributed by atoms with Crippen molar-refractivity contribution >= 4 is 17.2 Å². The van der Waals surface area contributed by atoms with Gasteiger partial charge in [-0.25, -0.2) is 0 Å². The number of hydrogen-bond acceptors (Lipinski definition) is 3. The van der Waals surface area contributed by atoms with E-state index >= 15 is 0 Å². The van der Waals surface area contributed by atoms with E-state index in [1.165, 1.54) is 11.3 Å². The predicted octanol–water partition coefficient (Wildman–Crippen LogP) is 1.81. The Labute approximate surface area is 90.1 Å². The lowest BCUT2D eigenvalue weighted by Gasteiger charge is -2.03. The van der Waals surface area contributed by atoms with Crippen LogP contribution < -0.4 is 5.32 Å². The molecule has 0 spiro atoms. The van der Waals surface area contributed by atoms with Gasteiger partial charge in [-0.3, -0.25) is 4.79 Å². The van der Waals surface area contributed by atoms with Crippen LogP contribution in [-0.4, -0.2) is 19.1 Å². The number of alkyl halides is 2. The Morgan fingerprint density at radius 2 is 2.47 bits per heavy atom. The van der Waals surface area contributed by atoms with Crippen molar-refractivity contribution in [2.45, 2.75) is 13.2 Å². The zero-order valence-electron chi connectivity index (χ0n) is 7.78. The Bertz CT molecular complexity index is 290. The highest BCUT2D eigenvalue weighted by Crippen LogP contribution is 2.07. The average Bonchev–Trinajstić information content (AvgIpc) is 2.66. The predicted molar refractivity (Wildman–Crippen MR) is 52.4 cm³/mol. The van der Waals surface area contributed by atoms with E-state index in [9.17, 15) is 13.6 Å². The molecule has 6 heteroatoms. The lowest BCUT2D eigenvalue weighted by atomic mass is 10.4. The number of halogens is 2. The summed E-state index contributed by atoms with van der Waals surface area (Å²) in [6.45, 7) is -2.82. The summed E-state index contributed by atoms with van der Waals surface area (Å²) in [7, 11) is 0. The zero-order chi connectivity index (χ0) is 11.1. The Hall–Kier alpha value is -1.01. The molecule has 0 unspecified atom stereocenters. The number of carbonyl (C=O) groups excluding carboxylic acids is 1. The van der Waals surface area contributed by atoms with E-state index in [1.54, 1.807) is 0 Å². The van der Waals surface area contributed by atoms with E-state index < -0.39 is 12.5 Å². The molecule has 0 aliphatic carbocycles. The van der Waals surface area contributed by atoms with Crippen LogP contribution in [0.25, 0.3) is 0 Å². The molecule has 3 nitrogen and oxygen atoms in total. The molecule has 1 aromatic heterocycles. The molecule has 1 heterocycles. The van der Waals surface area contributed by atoms with Crippen LogP contribution >= 0.6 is 11.3 Å². The zero-order valence-corrected chi connectivity index (χ0v) is 8.60. The monoisotopic (exact) mass is 234 g/mol. The summed E-state index contributed by atoms with van der Waals surface area (Å²) in [5.74, 6) is -0.413. The standard InChI is InChI=1S/C9H10F2NO2S/c10-9(11)14-4-3-8(13)12-6-7-2-1-5-15-7/h1-3,5,9H,4,6H2,(H,12,13). The van der Waals surface area contributed by atoms with E-state index in [-0.39, 0.29) is 6.61 Å². The van der Waals surface area contributed by atoms with Crippen LogP contribution in [0.4, 0.5) is 8.78 Å². The third-order valence-corrected chi connectivity index (χ3v) is 2.38. The summed E-state index contributed by atoms with van der Waals surface area (Å²) in [5.41, 5.74) is 0. The number of thiophene rings is 1. The maximum atomic E-state index is 11.5. The second kappa shape index (κ2) is 6.47. The molecule has 83 valence electrons. The Morgan fingerprint density at radius 1 is 1.67 bits per heavy atom. The average molecular weight is 234 g/mol. The number of amides is 1. The summed E-state index contributed by atoms with van der Waals surface area (Å²) in [5, 5.41) is 4.44. The van der Waals surface area contributed by atoms with Crippen LogP contribution in [0.15, 0.2) is 17.5 Å². The van der Waals surface area contributed by atoms with Gasteiger partial charge in [0.2, 0.25) is 5.91 Å². The van der Waals surface area contributed by atoms with Gasteiger partial charge in [0.1, 0.15) is 0 Å². The molecule has 0 bridgehead atoms. The van der Waals surface area contributed by atoms with Crippen LogP contribution in [-0.2, 0) is 16.1 Å². The Morgan fingerprint density at radius 3 is 3.07 bits per heavy atom. The molecular weight excluding hydrogens is 224 g/mol. The first-order valence-corrected chi connectivity index (χ1v) is 5.09. The SMILES string of the molecule is O=C([CH]COC(F)F)NCc1cccs1. The number of carbonyl (C=O) groups is 1. The van der Waals surface area contributed by atoms with Gasteiger partial charge in [0.15, 0.2) is 0 Å². The summed E-state index contributed by atoms with van der Waals surface area (Å²) >= 11 is 1.51. The quantitative estimate of drug-likeness (QED) is 0.815. The molecule has 1 N–H and O–H groups in total. The van der Waals surface area contributed by atoms with Crippen molar-refractivity contribution in [2.24, 2.45) is 0 Å². The lowest BCUT2D eigenvalue weighted by Crippen LogP contribution is -2.24. The van der Waals surface area contributed by atoms with Gasteiger partial charge in [0.25, 0.3) is 0 Å². The van der Waals surface area contributed by atoms with Crippen LogP contribution in [0, 0.1) is 6.42 Å². The van der Waals surface area contributed by atoms with Gasteiger partial charge < -0.3 is 10.1 Å². The molecule has 1 radical (unpaired) electrons. The highest BCUT2D eigenvalue weighted by molar-refractivity contribution is 7.09. The molecule has 1 rings (SSSR count). The third-order valence-electron chi connectivity index (χ3n) is 1.51. The number of hydrogen-bond donors (Lipinski definition) is 1. The van der Waals surface area contributed by atoms with Crippen molar-refractivity contribution in [1.29, 1.82) is 0 Å². The van der Waals surface area contributed by atoms with Crippen molar-refractivity contribution in [3.63, 3.8) is 0 Å². The summed E-state index contributed by atoms with van der Waals surface area (Å²) in [4.78, 5) is 12.0. The maximum Gasteiger partial charge on any atom is 0.345 e. The molecule has 0 saturated carbocycles. The fourth-order valence-corrected chi connectivity index (χ4v) is 1.50. The topological polar surface area (TPSA) is 38.3 Å². The van der Waals surface area contributed by atoms with Crippen LogP contribution in [0.1, 0.15) is 4.88 Å². The van der Waals surface area contributed by atoms with Crippen molar-refractivity contribution < 1.29 is 18.3 Å². The largest absolute Gasteiger partial charge is 0.351 e. The van der Waals surface area contributed by atoms with E-state index in [1.807, 2.05) is 17.5 Å². The number of rotatable bonds is 6. The molecule has 0 fully saturated rings. The number of ether oxygens (including phenoxy) is 1. The van der Waals surface area contributed by atoms with Gasteiger partial charge in [0.05, 0.1) is 19.6 Å². The molecule has 0 saturated heterocycles. The Kier molecular flexibility index (Phi) is 5.20. The summed E-state index contributed by atoms with van der Waals surface area (Å²) < 4.78 is 26.9. The first-order chi connectivity index (χ1) is 7.18. The van der Waals surface area contributed by atoms with Gasteiger partial charge in [-0.05, 0) is 11.4 Å². The minimum Gasteiger partial charge on any atom is -0.351 e. The summed E-state index contributed by atoms with van der Waals surface area (Å²) in [6.07, 6.45) is 1.04. The molecule has 0 atom stereocenters. The molecular formula is C9H10F2NO2S. The minimum atomic E-state index is -2.84. The van der Waals surface area contributed by atoms with Crippen molar-refractivity contribution in [3.8, 4) is 0 Å². The van der Waals surface area contributed by atoms with E-state index in [2.05, 4.69) is 10.1 Å². The van der Waals surface area contributed by atoms with Gasteiger partial charge in [-0.2, -0.15) is 8.78 Å². The molecule has 0 aliphatic rings. The lowest BCUT2D eigenvalue weighted by molar-refractivity contribution is -0.130. The first-order valence-electron chi connectivity index (χ1n) is 4.21. The highest BCUT2D eigenvalue weighted by Gasteiger charge is 2.05. The number of nitrogens with one attached hydrogen (secondary N) is 1. The van der Waals surface area contributed by atoms with Crippen LogP contribution in [0.5, 0.6) is 0 Å². The van der Waals surface area contributed by atoms with Crippen LogP contribution in [0.2, 0.25) is 0 Å². The minimum absolute atomic E-state index is 0.381. The normalized spacial score (nSPS) is 10.6. The second-order valence-corrected chi connectivity index (χ2v) is 3.63. The fourth-order valence-electron chi connectivity index (χ4n) is 0.856. The van der Waals surface area contributed by atoms with Crippen molar-refractivity contribution in [3.05, 3.63) is 28.8 Å². The molecule has 1 aromatic rings. The van der Waals surface area contributed by atoms with Gasteiger partial charge in [-0.15, -0.1) is 11.3 Å². The maximum absolute atomic E-state index is 11.5. The van der Waals surface area contributed by atoms with Gasteiger partial charge in [0, 0.05) is 4.88 Å². The molecule has 0 aliphatic heterocycles. The third kappa shape index (κ3) is 5.44. The van der Waals surface area contributed by atoms with Crippen molar-refractivity contribution in [2.75, 3.05) is 6.61 Å². The van der Waals surface area contributed by atoms with Crippen molar-refractivity contribution in [1.82, 2.24) is 5.32 Å². The van der Waals surface area contributed by atoms with Crippen LogP contribution in [0.3, 0.4) is 0 Å². The van der Waals surface area contributed by atoms with E-state index in [0.717, 1.165) is 11.3 Å². The van der Waals surface area contributed by atoms with Gasteiger partial charge >= 0.3 is 6.61 Å². The fraction of sp³-hybridized carbons (Fsp3) is 0.333. The molecule has 1 amide bonds. The molecule has 0 aromatic carbocycles.